The molecule has 2 aromatic rings. The van der Waals surface area contributed by atoms with E-state index in [0.29, 0.717) is 24.2 Å². The number of carbonyl (C=O) groups excluding carboxylic acids is 2. The van der Waals surface area contributed by atoms with Gasteiger partial charge in [-0.15, -0.1) is 0 Å². The monoisotopic (exact) mass is 431 g/mol. The third-order valence-corrected chi connectivity index (χ3v) is 7.41. The molecule has 162 valence electrons. The van der Waals surface area contributed by atoms with Crippen molar-refractivity contribution in [3.63, 3.8) is 0 Å². The van der Waals surface area contributed by atoms with Gasteiger partial charge in [0.15, 0.2) is 6.61 Å². The molecular formula is C23H29NO5S. The Balaban J connectivity index is 2.22. The minimum absolute atomic E-state index is 0.0666. The van der Waals surface area contributed by atoms with Crippen LogP contribution in [0.25, 0.3) is 0 Å². The van der Waals surface area contributed by atoms with Gasteiger partial charge < -0.3 is 4.74 Å². The second-order valence-corrected chi connectivity index (χ2v) is 9.23. The van der Waals surface area contributed by atoms with Crippen LogP contribution in [-0.4, -0.2) is 44.2 Å². The number of carbonyl (C=O) groups is 2. The van der Waals surface area contributed by atoms with E-state index in [1.54, 1.807) is 32.9 Å². The maximum atomic E-state index is 12.9. The largest absolute Gasteiger partial charge is 0.454 e. The Bertz CT molecular complexity index is 1070. The van der Waals surface area contributed by atoms with Gasteiger partial charge in [0.25, 0.3) is 0 Å². The summed E-state index contributed by atoms with van der Waals surface area (Å²) in [5, 5.41) is 0. The third kappa shape index (κ3) is 4.96. The lowest BCUT2D eigenvalue weighted by atomic mass is 9.98. The molecule has 0 spiro atoms. The van der Waals surface area contributed by atoms with E-state index >= 15 is 0 Å². The Morgan fingerprint density at radius 1 is 0.867 bits per heavy atom. The molecule has 7 heteroatoms. The highest BCUT2D eigenvalue weighted by Crippen LogP contribution is 2.22. The van der Waals surface area contributed by atoms with Crippen molar-refractivity contribution in [2.24, 2.45) is 0 Å². The molecule has 0 unspecified atom stereocenters. The van der Waals surface area contributed by atoms with Crippen molar-refractivity contribution in [2.45, 2.75) is 46.4 Å². The summed E-state index contributed by atoms with van der Waals surface area (Å²) in [4.78, 5) is 25.1. The zero-order valence-electron chi connectivity index (χ0n) is 18.4. The van der Waals surface area contributed by atoms with Crippen molar-refractivity contribution in [2.75, 3.05) is 19.7 Å². The number of hydrogen-bond donors (Lipinski definition) is 0. The van der Waals surface area contributed by atoms with Crippen LogP contribution in [-0.2, 0) is 14.8 Å². The van der Waals surface area contributed by atoms with E-state index in [2.05, 4.69) is 0 Å². The number of ketones is 1. The van der Waals surface area contributed by atoms with Crippen LogP contribution in [0, 0.1) is 27.7 Å². The molecule has 30 heavy (non-hydrogen) atoms. The van der Waals surface area contributed by atoms with E-state index < -0.39 is 22.6 Å². The fourth-order valence-electron chi connectivity index (χ4n) is 3.26. The lowest BCUT2D eigenvalue weighted by molar-refractivity contribution is 0.0474. The van der Waals surface area contributed by atoms with E-state index in [9.17, 15) is 18.0 Å². The molecule has 0 aliphatic heterocycles. The number of ether oxygens (including phenoxy) is 1. The molecule has 0 amide bonds. The molecule has 2 aromatic carbocycles. The molecule has 0 radical (unpaired) electrons. The average Bonchev–Trinajstić information content (AvgIpc) is 2.69. The summed E-state index contributed by atoms with van der Waals surface area (Å²) in [5.41, 5.74) is 4.04. The van der Waals surface area contributed by atoms with Crippen molar-refractivity contribution in [3.05, 3.63) is 63.7 Å². The SMILES string of the molecule is CCN(CC)S(=O)(=O)c1cc(C(=O)OCC(=O)c2cc(C)c(C)cc2C)ccc1C. The predicted molar refractivity (Wildman–Crippen MR) is 117 cm³/mol. The summed E-state index contributed by atoms with van der Waals surface area (Å²) in [6, 6.07) is 8.11. The normalized spacial score (nSPS) is 11.6. The summed E-state index contributed by atoms with van der Waals surface area (Å²) < 4.78 is 32.2. The summed E-state index contributed by atoms with van der Waals surface area (Å²) in [5.74, 6) is -1.03. The molecule has 0 aliphatic rings. The molecule has 0 fully saturated rings. The van der Waals surface area contributed by atoms with Crippen LogP contribution in [0.15, 0.2) is 35.2 Å². The van der Waals surface area contributed by atoms with Crippen molar-refractivity contribution in [1.82, 2.24) is 4.31 Å². The van der Waals surface area contributed by atoms with E-state index in [-0.39, 0.29) is 16.2 Å². The Morgan fingerprint density at radius 2 is 1.47 bits per heavy atom. The van der Waals surface area contributed by atoms with Gasteiger partial charge in [0.05, 0.1) is 10.5 Å². The quantitative estimate of drug-likeness (QED) is 0.466. The number of benzene rings is 2. The van der Waals surface area contributed by atoms with Crippen molar-refractivity contribution < 1.29 is 22.7 Å². The maximum Gasteiger partial charge on any atom is 0.338 e. The van der Waals surface area contributed by atoms with Crippen LogP contribution in [0.2, 0.25) is 0 Å². The van der Waals surface area contributed by atoms with Gasteiger partial charge in [0, 0.05) is 18.7 Å². The number of Topliss-reactive ketones (excluding diaryl/α,β-unsaturated/α-hetero) is 1. The molecule has 0 aliphatic carbocycles. The number of aryl methyl sites for hydroxylation is 4. The number of esters is 1. The Morgan fingerprint density at radius 3 is 2.07 bits per heavy atom. The summed E-state index contributed by atoms with van der Waals surface area (Å²) in [6.07, 6.45) is 0. The van der Waals surface area contributed by atoms with Gasteiger partial charge in [-0.1, -0.05) is 26.0 Å². The Labute approximate surface area is 178 Å². The van der Waals surface area contributed by atoms with E-state index in [4.69, 9.17) is 4.74 Å². The van der Waals surface area contributed by atoms with E-state index in [1.807, 2.05) is 26.8 Å². The number of rotatable bonds is 8. The number of nitrogens with zero attached hydrogens (tertiary/aromatic N) is 1. The van der Waals surface area contributed by atoms with Crippen LogP contribution >= 0.6 is 0 Å². The standard InChI is InChI=1S/C23H29NO5S/c1-7-24(8-2)30(27,28)22-13-19(10-9-15(22)3)23(26)29-14-21(25)20-12-17(5)16(4)11-18(20)6/h9-13H,7-8,14H2,1-6H3. The highest BCUT2D eigenvalue weighted by Gasteiger charge is 2.25. The summed E-state index contributed by atoms with van der Waals surface area (Å²) in [7, 11) is -3.72. The fraction of sp³-hybridized carbons (Fsp3) is 0.391. The minimum atomic E-state index is -3.72. The van der Waals surface area contributed by atoms with Crippen LogP contribution in [0.1, 0.15) is 56.8 Å². The van der Waals surface area contributed by atoms with E-state index in [1.165, 1.54) is 16.4 Å². The first-order valence-corrected chi connectivity index (χ1v) is 11.4. The maximum absolute atomic E-state index is 12.9. The second kappa shape index (κ2) is 9.53. The molecule has 0 saturated heterocycles. The predicted octanol–water partition coefficient (Wildman–Crippen LogP) is 3.99. The Hall–Kier alpha value is -2.51. The third-order valence-electron chi connectivity index (χ3n) is 5.22. The summed E-state index contributed by atoms with van der Waals surface area (Å²) >= 11 is 0. The molecule has 0 saturated carbocycles. The first kappa shape index (κ1) is 23.8. The molecular weight excluding hydrogens is 402 g/mol. The van der Waals surface area contributed by atoms with Gasteiger partial charge >= 0.3 is 5.97 Å². The number of sulfonamides is 1. The first-order chi connectivity index (χ1) is 14.0. The van der Waals surface area contributed by atoms with Gasteiger partial charge in [-0.05, 0) is 68.1 Å². The molecule has 0 heterocycles. The van der Waals surface area contributed by atoms with Crippen LogP contribution < -0.4 is 0 Å². The second-order valence-electron chi connectivity index (χ2n) is 7.32. The van der Waals surface area contributed by atoms with Gasteiger partial charge in [0.2, 0.25) is 15.8 Å². The first-order valence-electron chi connectivity index (χ1n) is 9.91. The lowest BCUT2D eigenvalue weighted by Gasteiger charge is -2.20. The topological polar surface area (TPSA) is 80.8 Å². The highest BCUT2D eigenvalue weighted by molar-refractivity contribution is 7.89. The average molecular weight is 432 g/mol. The van der Waals surface area contributed by atoms with Crippen LogP contribution in [0.4, 0.5) is 0 Å². The van der Waals surface area contributed by atoms with Crippen LogP contribution in [0.5, 0.6) is 0 Å². The molecule has 0 atom stereocenters. The van der Waals surface area contributed by atoms with Gasteiger partial charge in [-0.25, -0.2) is 13.2 Å². The molecule has 0 bridgehead atoms. The molecule has 0 aromatic heterocycles. The van der Waals surface area contributed by atoms with E-state index in [0.717, 1.165) is 16.7 Å². The van der Waals surface area contributed by atoms with Gasteiger partial charge in [-0.3, -0.25) is 4.79 Å². The smallest absolute Gasteiger partial charge is 0.338 e. The Kier molecular flexibility index (Phi) is 7.55. The molecule has 2 rings (SSSR count). The highest BCUT2D eigenvalue weighted by atomic mass is 32.2. The van der Waals surface area contributed by atoms with Gasteiger partial charge in [0.1, 0.15) is 0 Å². The van der Waals surface area contributed by atoms with Crippen molar-refractivity contribution >= 4 is 21.8 Å². The number of hydrogen-bond acceptors (Lipinski definition) is 5. The van der Waals surface area contributed by atoms with Gasteiger partial charge in [-0.2, -0.15) is 4.31 Å². The lowest BCUT2D eigenvalue weighted by Crippen LogP contribution is -2.31. The zero-order chi connectivity index (χ0) is 22.6. The molecule has 0 N–H and O–H groups in total. The van der Waals surface area contributed by atoms with Crippen LogP contribution in [0.3, 0.4) is 0 Å². The zero-order valence-corrected chi connectivity index (χ0v) is 19.2. The minimum Gasteiger partial charge on any atom is -0.454 e. The molecule has 6 nitrogen and oxygen atoms in total. The van der Waals surface area contributed by atoms with Crippen molar-refractivity contribution in [1.29, 1.82) is 0 Å². The summed E-state index contributed by atoms with van der Waals surface area (Å²) in [6.45, 7) is 11.2. The fourth-order valence-corrected chi connectivity index (χ4v) is 4.97. The van der Waals surface area contributed by atoms with Crippen molar-refractivity contribution in [3.8, 4) is 0 Å².